The minimum atomic E-state index is -3.58. The number of carbonyl (C=O) groups is 1. The average molecular weight is 506 g/mol. The molecule has 1 amide bonds. The van der Waals surface area contributed by atoms with Gasteiger partial charge in [-0.25, -0.2) is 13.1 Å². The van der Waals surface area contributed by atoms with Gasteiger partial charge in [0.05, 0.1) is 11.7 Å². The zero-order valence-electron chi connectivity index (χ0n) is 19.2. The van der Waals surface area contributed by atoms with Crippen molar-refractivity contribution in [2.45, 2.75) is 17.7 Å². The van der Waals surface area contributed by atoms with Gasteiger partial charge in [-0.15, -0.1) is 5.10 Å². The highest BCUT2D eigenvalue weighted by Crippen LogP contribution is 2.31. The number of primary amides is 1. The largest absolute Gasteiger partial charge is 0.508 e. The van der Waals surface area contributed by atoms with Gasteiger partial charge in [0.1, 0.15) is 23.9 Å². The third kappa shape index (κ3) is 6.47. The molecule has 3 rings (SSSR count). The van der Waals surface area contributed by atoms with Crippen LogP contribution in [0, 0.1) is 0 Å². The Morgan fingerprint density at radius 2 is 1.89 bits per heavy atom. The topological polar surface area (TPSA) is 190 Å². The number of phenols is 2. The minimum absolute atomic E-state index is 0.0329. The van der Waals surface area contributed by atoms with Gasteiger partial charge in [0.15, 0.2) is 5.82 Å². The Balaban J connectivity index is 1.54. The first-order valence-corrected chi connectivity index (χ1v) is 12.4. The van der Waals surface area contributed by atoms with E-state index in [0.29, 0.717) is 24.4 Å². The minimum Gasteiger partial charge on any atom is -0.508 e. The molecule has 1 aromatic heterocycles. The fraction of sp³-hybridized carbons (Fsp3) is 0.318. The van der Waals surface area contributed by atoms with Crippen molar-refractivity contribution < 1.29 is 33.3 Å². The van der Waals surface area contributed by atoms with Crippen LogP contribution in [-0.2, 0) is 16.9 Å². The molecule has 35 heavy (non-hydrogen) atoms. The van der Waals surface area contributed by atoms with Crippen molar-refractivity contribution in [2.24, 2.45) is 12.8 Å². The molecule has 6 N–H and O–H groups in total. The molecular weight excluding hydrogens is 478 g/mol. The number of aromatic hydroxyl groups is 2. The maximum atomic E-state index is 11.7. The summed E-state index contributed by atoms with van der Waals surface area (Å²) in [5.41, 5.74) is 5.92. The molecule has 188 valence electrons. The van der Waals surface area contributed by atoms with E-state index in [9.17, 15) is 28.5 Å². The quantitative estimate of drug-likeness (QED) is 0.229. The second-order valence-electron chi connectivity index (χ2n) is 7.83. The van der Waals surface area contributed by atoms with Crippen molar-refractivity contribution in [1.29, 1.82) is 0 Å². The average Bonchev–Trinajstić information content (AvgIpc) is 3.19. The van der Waals surface area contributed by atoms with Crippen LogP contribution in [0.3, 0.4) is 0 Å². The number of nitrogens with zero attached hydrogens (tertiary/aromatic N) is 3. The number of amides is 1. The van der Waals surface area contributed by atoms with Crippen LogP contribution in [0.25, 0.3) is 11.4 Å². The van der Waals surface area contributed by atoms with E-state index in [0.717, 1.165) is 6.26 Å². The van der Waals surface area contributed by atoms with Gasteiger partial charge in [-0.05, 0) is 49.4 Å². The number of aliphatic hydroxyl groups excluding tert-OH is 1. The molecule has 0 aliphatic heterocycles. The van der Waals surface area contributed by atoms with Crippen molar-refractivity contribution in [1.82, 2.24) is 20.1 Å². The van der Waals surface area contributed by atoms with E-state index < -0.39 is 21.8 Å². The number of hydrogen-bond donors (Lipinski definition) is 5. The Morgan fingerprint density at radius 3 is 2.54 bits per heavy atom. The van der Waals surface area contributed by atoms with E-state index in [1.165, 1.54) is 28.9 Å². The highest BCUT2D eigenvalue weighted by Gasteiger charge is 2.20. The molecule has 13 heteroatoms. The van der Waals surface area contributed by atoms with Crippen LogP contribution in [0.2, 0.25) is 0 Å². The standard InChI is InChI=1S/C22H27N5O7S/c1-27-21(25-22(26-27)35(2,32)33)13-3-5-17(28)15(11-13)19(30)7-8-24-9-10-34-14-4-6-18(29)16(12-14)20(23)31/h3-6,11-12,19,24,28-30H,7-10H2,1-2H3,(H2,23,31). The summed E-state index contributed by atoms with van der Waals surface area (Å²) in [7, 11) is -2.03. The molecule has 0 saturated carbocycles. The van der Waals surface area contributed by atoms with Gasteiger partial charge < -0.3 is 31.1 Å². The molecule has 1 heterocycles. The molecule has 1 atom stereocenters. The lowest BCUT2D eigenvalue weighted by molar-refractivity contribution is 0.0997. The van der Waals surface area contributed by atoms with Gasteiger partial charge in [-0.3, -0.25) is 4.79 Å². The van der Waals surface area contributed by atoms with Crippen molar-refractivity contribution >= 4 is 15.7 Å². The van der Waals surface area contributed by atoms with Crippen molar-refractivity contribution in [3.63, 3.8) is 0 Å². The van der Waals surface area contributed by atoms with Crippen molar-refractivity contribution in [3.05, 3.63) is 47.5 Å². The number of ether oxygens (including phenoxy) is 1. The van der Waals surface area contributed by atoms with Crippen LogP contribution < -0.4 is 15.8 Å². The molecule has 0 radical (unpaired) electrons. The number of benzene rings is 2. The zero-order chi connectivity index (χ0) is 25.8. The first-order chi connectivity index (χ1) is 16.5. The molecule has 1 unspecified atom stereocenters. The Morgan fingerprint density at radius 1 is 1.17 bits per heavy atom. The number of hydrogen-bond acceptors (Lipinski definition) is 10. The molecule has 0 spiro atoms. The van der Waals surface area contributed by atoms with E-state index in [4.69, 9.17) is 10.5 Å². The lowest BCUT2D eigenvalue weighted by atomic mass is 10.0. The first-order valence-electron chi connectivity index (χ1n) is 10.6. The van der Waals surface area contributed by atoms with Crippen molar-refractivity contribution in [3.8, 4) is 28.6 Å². The number of aliphatic hydroxyl groups is 1. The number of sulfone groups is 1. The molecule has 0 saturated heterocycles. The predicted molar refractivity (Wildman–Crippen MR) is 126 cm³/mol. The molecular formula is C22H27N5O7S. The van der Waals surface area contributed by atoms with Gasteiger partial charge in [-0.1, -0.05) is 0 Å². The SMILES string of the molecule is Cn1nc(S(C)(=O)=O)nc1-c1ccc(O)c(C(O)CCNCCOc2ccc(O)c(C(N)=O)c2)c1. The van der Waals surface area contributed by atoms with Crippen LogP contribution in [0.5, 0.6) is 17.2 Å². The van der Waals surface area contributed by atoms with E-state index >= 15 is 0 Å². The smallest absolute Gasteiger partial charge is 0.267 e. The monoisotopic (exact) mass is 505 g/mol. The maximum Gasteiger partial charge on any atom is 0.267 e. The van der Waals surface area contributed by atoms with Crippen LogP contribution >= 0.6 is 0 Å². The summed E-state index contributed by atoms with van der Waals surface area (Å²) in [4.78, 5) is 15.3. The van der Waals surface area contributed by atoms with Gasteiger partial charge in [0.2, 0.25) is 9.84 Å². The van der Waals surface area contributed by atoms with Crippen molar-refractivity contribution in [2.75, 3.05) is 26.0 Å². The Labute approximate surface area is 201 Å². The highest BCUT2D eigenvalue weighted by atomic mass is 32.2. The molecule has 12 nitrogen and oxygen atoms in total. The lowest BCUT2D eigenvalue weighted by Gasteiger charge is -2.15. The molecule has 0 bridgehead atoms. The highest BCUT2D eigenvalue weighted by molar-refractivity contribution is 7.90. The molecule has 0 fully saturated rings. The summed E-state index contributed by atoms with van der Waals surface area (Å²) in [5, 5.41) is 37.1. The number of nitrogens with two attached hydrogens (primary N) is 1. The maximum absolute atomic E-state index is 11.7. The second kappa shape index (κ2) is 10.7. The van der Waals surface area contributed by atoms with Gasteiger partial charge in [-0.2, -0.15) is 4.98 Å². The number of rotatable bonds is 11. The summed E-state index contributed by atoms with van der Waals surface area (Å²) < 4.78 is 30.3. The second-order valence-corrected chi connectivity index (χ2v) is 9.74. The molecule has 3 aromatic rings. The number of phenolic OH excluding ortho intramolecular Hbond substituents is 1. The van der Waals surface area contributed by atoms with Crippen LogP contribution in [-0.4, -0.2) is 70.4 Å². The number of nitrogens with one attached hydrogen (secondary N) is 1. The third-order valence-corrected chi connectivity index (χ3v) is 5.93. The normalized spacial score (nSPS) is 12.4. The lowest BCUT2D eigenvalue weighted by Crippen LogP contribution is -2.23. The molecule has 0 aliphatic rings. The summed E-state index contributed by atoms with van der Waals surface area (Å²) in [6.07, 6.45) is 0.287. The fourth-order valence-corrected chi connectivity index (χ4v) is 3.82. The van der Waals surface area contributed by atoms with Gasteiger partial charge in [0, 0.05) is 31.0 Å². The Bertz CT molecular complexity index is 1320. The first kappa shape index (κ1) is 25.9. The molecule has 2 aromatic carbocycles. The molecule has 0 aliphatic carbocycles. The van der Waals surface area contributed by atoms with Crippen LogP contribution in [0.4, 0.5) is 0 Å². The number of aromatic nitrogens is 3. The number of carbonyl (C=O) groups excluding carboxylic acids is 1. The van der Waals surface area contributed by atoms with E-state index in [-0.39, 0.29) is 46.6 Å². The summed E-state index contributed by atoms with van der Waals surface area (Å²) in [6, 6.07) is 8.69. The number of aryl methyl sites for hydroxylation is 1. The summed E-state index contributed by atoms with van der Waals surface area (Å²) in [6.45, 7) is 1.09. The summed E-state index contributed by atoms with van der Waals surface area (Å²) >= 11 is 0. The third-order valence-electron chi connectivity index (χ3n) is 5.10. The summed E-state index contributed by atoms with van der Waals surface area (Å²) in [5.74, 6) is -0.430. The fourth-order valence-electron chi connectivity index (χ4n) is 3.29. The van der Waals surface area contributed by atoms with Crippen LogP contribution in [0.15, 0.2) is 41.6 Å². The Kier molecular flexibility index (Phi) is 7.94. The van der Waals surface area contributed by atoms with Gasteiger partial charge in [0.25, 0.3) is 11.1 Å². The van der Waals surface area contributed by atoms with E-state index in [1.807, 2.05) is 0 Å². The van der Waals surface area contributed by atoms with Gasteiger partial charge >= 0.3 is 0 Å². The zero-order valence-corrected chi connectivity index (χ0v) is 20.0. The Hall–Kier alpha value is -3.68. The van der Waals surface area contributed by atoms with E-state index in [1.54, 1.807) is 19.2 Å². The van der Waals surface area contributed by atoms with E-state index in [2.05, 4.69) is 15.4 Å². The van der Waals surface area contributed by atoms with Crippen LogP contribution in [0.1, 0.15) is 28.4 Å². The predicted octanol–water partition coefficient (Wildman–Crippen LogP) is 0.488.